The normalized spacial score (nSPS) is 19.5. The van der Waals surface area contributed by atoms with Gasteiger partial charge in [0.1, 0.15) is 0 Å². The molecule has 1 heterocycles. The molecular formula is C13H10BrClF2INO. The van der Waals surface area contributed by atoms with E-state index in [0.717, 1.165) is 9.37 Å². The van der Waals surface area contributed by atoms with Crippen LogP contribution in [0.2, 0.25) is 5.02 Å². The smallest absolute Gasteiger partial charge is 0.256 e. The Labute approximate surface area is 142 Å². The van der Waals surface area contributed by atoms with E-state index in [4.69, 9.17) is 11.6 Å². The van der Waals surface area contributed by atoms with Crippen molar-refractivity contribution >= 4 is 61.7 Å². The zero-order valence-corrected chi connectivity index (χ0v) is 14.6. The molecule has 0 N–H and O–H groups in total. The van der Waals surface area contributed by atoms with Crippen LogP contribution in [-0.2, 0) is 4.79 Å². The minimum absolute atomic E-state index is 0.303. The molecule has 1 aliphatic heterocycles. The molecule has 0 fully saturated rings. The minimum Gasteiger partial charge on any atom is -0.305 e. The number of alkyl halides is 3. The molecule has 0 spiro atoms. The van der Waals surface area contributed by atoms with Crippen LogP contribution >= 0.6 is 50.1 Å². The second kappa shape index (κ2) is 6.70. The summed E-state index contributed by atoms with van der Waals surface area (Å²) in [5, 5.41) is 0.421. The van der Waals surface area contributed by atoms with Gasteiger partial charge in [-0.3, -0.25) is 4.79 Å². The van der Waals surface area contributed by atoms with Crippen molar-refractivity contribution in [3.05, 3.63) is 39.3 Å². The average molecular weight is 476 g/mol. The zero-order chi connectivity index (χ0) is 14.9. The summed E-state index contributed by atoms with van der Waals surface area (Å²) in [5.41, 5.74) is 1.05. The summed E-state index contributed by atoms with van der Waals surface area (Å²) in [6.45, 7) is -0.615. The van der Waals surface area contributed by atoms with E-state index in [2.05, 4.69) is 15.9 Å². The molecule has 2 nitrogen and oxygen atoms in total. The summed E-state index contributed by atoms with van der Waals surface area (Å²) >= 11 is 11.4. The highest BCUT2D eigenvalue weighted by molar-refractivity contribution is 14.1. The van der Waals surface area contributed by atoms with E-state index in [1.54, 1.807) is 24.3 Å². The lowest BCUT2D eigenvalue weighted by atomic mass is 10.0. The third kappa shape index (κ3) is 3.51. The molecule has 0 aromatic heterocycles. The van der Waals surface area contributed by atoms with Crippen molar-refractivity contribution in [2.24, 2.45) is 0 Å². The van der Waals surface area contributed by atoms with Crippen molar-refractivity contribution in [3.63, 3.8) is 0 Å². The van der Waals surface area contributed by atoms with Crippen molar-refractivity contribution in [1.82, 2.24) is 4.90 Å². The van der Waals surface area contributed by atoms with Crippen LogP contribution in [0.1, 0.15) is 12.0 Å². The van der Waals surface area contributed by atoms with Gasteiger partial charge in [0.2, 0.25) is 5.91 Å². The maximum Gasteiger partial charge on any atom is 0.256 e. The van der Waals surface area contributed by atoms with Gasteiger partial charge in [0.05, 0.1) is 15.5 Å². The van der Waals surface area contributed by atoms with Crippen LogP contribution in [0, 0.1) is 0 Å². The van der Waals surface area contributed by atoms with Crippen LogP contribution in [0.5, 0.6) is 0 Å². The third-order valence-corrected chi connectivity index (χ3v) is 4.72. The molecule has 0 bridgehead atoms. The monoisotopic (exact) mass is 475 g/mol. The molecule has 108 valence electrons. The Morgan fingerprint density at radius 3 is 2.80 bits per heavy atom. The van der Waals surface area contributed by atoms with Crippen LogP contribution in [0.4, 0.5) is 8.78 Å². The molecule has 0 saturated heterocycles. The number of rotatable bonds is 3. The van der Waals surface area contributed by atoms with Crippen molar-refractivity contribution in [2.45, 2.75) is 16.8 Å². The zero-order valence-electron chi connectivity index (χ0n) is 10.1. The highest BCUT2D eigenvalue weighted by Crippen LogP contribution is 2.34. The molecule has 1 aromatic carbocycles. The van der Waals surface area contributed by atoms with Gasteiger partial charge in [-0.05, 0) is 18.6 Å². The Bertz CT molecular complexity index is 567. The predicted molar refractivity (Wildman–Crippen MR) is 87.3 cm³/mol. The van der Waals surface area contributed by atoms with Gasteiger partial charge in [0.15, 0.2) is 0 Å². The topological polar surface area (TPSA) is 20.3 Å². The van der Waals surface area contributed by atoms with E-state index in [1.807, 2.05) is 22.6 Å². The fraction of sp³-hybridized carbons (Fsp3) is 0.308. The molecule has 1 aromatic rings. The summed E-state index contributed by atoms with van der Waals surface area (Å²) in [7, 11) is 0. The summed E-state index contributed by atoms with van der Waals surface area (Å²) < 4.78 is 25.9. The number of hydrogen-bond acceptors (Lipinski definition) is 1. The van der Waals surface area contributed by atoms with Crippen LogP contribution in [0.25, 0.3) is 5.70 Å². The van der Waals surface area contributed by atoms with Crippen LogP contribution in [-0.4, -0.2) is 27.7 Å². The Morgan fingerprint density at radius 1 is 1.50 bits per heavy atom. The Kier molecular flexibility index (Phi) is 5.42. The fourth-order valence-electron chi connectivity index (χ4n) is 1.99. The van der Waals surface area contributed by atoms with Crippen LogP contribution < -0.4 is 0 Å². The van der Waals surface area contributed by atoms with Crippen molar-refractivity contribution in [3.8, 4) is 0 Å². The second-order valence-corrected chi connectivity index (χ2v) is 7.08. The Hall–Kier alpha value is -0.210. The van der Waals surface area contributed by atoms with Crippen molar-refractivity contribution in [2.75, 3.05) is 6.54 Å². The number of carbonyl (C=O) groups is 1. The first-order valence-corrected chi connectivity index (χ1v) is 8.21. The number of amides is 1. The summed E-state index contributed by atoms with van der Waals surface area (Å²) in [6, 6.07) is 5.17. The van der Waals surface area contributed by atoms with Gasteiger partial charge in [0, 0.05) is 15.7 Å². The lowest BCUT2D eigenvalue weighted by molar-refractivity contribution is -0.128. The first kappa shape index (κ1) is 16.2. The third-order valence-electron chi connectivity index (χ3n) is 2.87. The highest BCUT2D eigenvalue weighted by Gasteiger charge is 2.31. The number of nitrogens with zero attached hydrogens (tertiary/aromatic N) is 1. The molecule has 20 heavy (non-hydrogen) atoms. The lowest BCUT2D eigenvalue weighted by Crippen LogP contribution is -2.40. The van der Waals surface area contributed by atoms with E-state index < -0.39 is 13.0 Å². The molecule has 1 unspecified atom stereocenters. The summed E-state index contributed by atoms with van der Waals surface area (Å²) in [6.07, 6.45) is -0.282. The first-order chi connectivity index (χ1) is 9.40. The summed E-state index contributed by atoms with van der Waals surface area (Å²) in [5.74, 6) is -0.303. The number of carbonyl (C=O) groups excluding carboxylic acids is 1. The summed E-state index contributed by atoms with van der Waals surface area (Å²) in [4.78, 5) is 13.2. The van der Waals surface area contributed by atoms with E-state index in [1.165, 1.54) is 0 Å². The average Bonchev–Trinajstić information content (AvgIpc) is 2.36. The SMILES string of the molecule is O=C1C(I)CC=C(c2ccc(Br)cc2Cl)N1CC(F)F. The maximum absolute atomic E-state index is 12.7. The van der Waals surface area contributed by atoms with Crippen molar-refractivity contribution in [1.29, 1.82) is 0 Å². The Morgan fingerprint density at radius 2 is 2.20 bits per heavy atom. The van der Waals surface area contributed by atoms with E-state index >= 15 is 0 Å². The van der Waals surface area contributed by atoms with Gasteiger partial charge in [0.25, 0.3) is 6.43 Å². The first-order valence-electron chi connectivity index (χ1n) is 5.79. The van der Waals surface area contributed by atoms with E-state index in [-0.39, 0.29) is 9.83 Å². The highest BCUT2D eigenvalue weighted by atomic mass is 127. The van der Waals surface area contributed by atoms with E-state index in [0.29, 0.717) is 22.7 Å². The number of benzene rings is 1. The molecule has 0 radical (unpaired) electrons. The number of hydrogen-bond donors (Lipinski definition) is 0. The fourth-order valence-corrected chi connectivity index (χ4v) is 3.35. The Balaban J connectivity index is 2.43. The van der Waals surface area contributed by atoms with Gasteiger partial charge >= 0.3 is 0 Å². The molecule has 0 aliphatic carbocycles. The largest absolute Gasteiger partial charge is 0.305 e. The molecule has 0 saturated carbocycles. The van der Waals surface area contributed by atoms with Gasteiger partial charge in [-0.15, -0.1) is 0 Å². The number of allylic oxidation sites excluding steroid dienone is 1. The van der Waals surface area contributed by atoms with Gasteiger partial charge in [-0.25, -0.2) is 8.78 Å². The minimum atomic E-state index is -2.58. The van der Waals surface area contributed by atoms with E-state index in [9.17, 15) is 13.6 Å². The molecule has 1 atom stereocenters. The van der Waals surface area contributed by atoms with Gasteiger partial charge in [-0.1, -0.05) is 62.3 Å². The number of halogens is 5. The molecule has 7 heteroatoms. The molecular weight excluding hydrogens is 466 g/mol. The second-order valence-electron chi connectivity index (χ2n) is 4.26. The van der Waals surface area contributed by atoms with Crippen molar-refractivity contribution < 1.29 is 13.6 Å². The molecule has 2 rings (SSSR count). The predicted octanol–water partition coefficient (Wildman–Crippen LogP) is 4.74. The molecule has 1 aliphatic rings. The van der Waals surface area contributed by atoms with Crippen LogP contribution in [0.3, 0.4) is 0 Å². The lowest BCUT2D eigenvalue weighted by Gasteiger charge is -2.31. The maximum atomic E-state index is 12.7. The quantitative estimate of drug-likeness (QED) is 0.456. The van der Waals surface area contributed by atoms with Crippen LogP contribution in [0.15, 0.2) is 28.7 Å². The van der Waals surface area contributed by atoms with Gasteiger partial charge in [-0.2, -0.15) is 0 Å². The van der Waals surface area contributed by atoms with Gasteiger partial charge < -0.3 is 4.90 Å². The molecule has 1 amide bonds. The standard InChI is InChI=1S/C13H10BrClF2INO/c14-7-1-2-8(9(15)5-7)11-4-3-10(18)13(20)19(11)6-12(16)17/h1-2,4-5,10,12H,3,6H2.